The number of nitrogens with zero attached hydrogens (tertiary/aromatic N) is 1. The molecule has 28 heavy (non-hydrogen) atoms. The number of halogens is 1. The van der Waals surface area contributed by atoms with Gasteiger partial charge in [-0.05, 0) is 30.7 Å². The number of allylic oxidation sites excluding steroid dienone is 1. The minimum atomic E-state index is -0.664. The molecule has 1 aliphatic heterocycles. The molecule has 0 radical (unpaired) electrons. The summed E-state index contributed by atoms with van der Waals surface area (Å²) in [6, 6.07) is 15.6. The summed E-state index contributed by atoms with van der Waals surface area (Å²) in [6.45, 7) is 1.95. The molecular formula is C21H18FN3O2S. The Morgan fingerprint density at radius 3 is 2.68 bits per heavy atom. The van der Waals surface area contributed by atoms with E-state index in [0.717, 1.165) is 17.3 Å². The van der Waals surface area contributed by atoms with Crippen molar-refractivity contribution in [2.75, 3.05) is 11.1 Å². The third-order valence-corrected chi connectivity index (χ3v) is 5.34. The molecule has 2 amide bonds. The summed E-state index contributed by atoms with van der Waals surface area (Å²) in [7, 11) is 0. The van der Waals surface area contributed by atoms with Crippen LogP contribution in [-0.2, 0) is 9.59 Å². The molecule has 5 nitrogen and oxygen atoms in total. The van der Waals surface area contributed by atoms with E-state index in [1.54, 1.807) is 30.3 Å². The molecule has 1 aliphatic rings. The number of nitrogens with one attached hydrogen (secondary N) is 2. The van der Waals surface area contributed by atoms with Crippen molar-refractivity contribution in [3.8, 4) is 6.07 Å². The quantitative estimate of drug-likeness (QED) is 0.806. The van der Waals surface area contributed by atoms with Crippen LogP contribution in [0.3, 0.4) is 0 Å². The van der Waals surface area contributed by atoms with E-state index in [1.807, 2.05) is 19.1 Å². The molecule has 0 aromatic heterocycles. The van der Waals surface area contributed by atoms with Gasteiger partial charge in [-0.2, -0.15) is 5.26 Å². The number of aryl methyl sites for hydroxylation is 1. The number of nitriles is 1. The molecule has 1 heterocycles. The largest absolute Gasteiger partial charge is 0.325 e. The molecule has 2 aromatic rings. The van der Waals surface area contributed by atoms with Crippen molar-refractivity contribution in [3.05, 3.63) is 76.1 Å². The molecule has 0 saturated heterocycles. The Hall–Kier alpha value is -3.11. The number of carbonyl (C=O) groups excluding carboxylic acids is 2. The highest BCUT2D eigenvalue weighted by Gasteiger charge is 2.31. The molecule has 142 valence electrons. The fourth-order valence-electron chi connectivity index (χ4n) is 2.93. The van der Waals surface area contributed by atoms with Crippen molar-refractivity contribution < 1.29 is 14.0 Å². The van der Waals surface area contributed by atoms with Gasteiger partial charge < -0.3 is 10.6 Å². The predicted molar refractivity (Wildman–Crippen MR) is 107 cm³/mol. The van der Waals surface area contributed by atoms with Gasteiger partial charge in [0.15, 0.2) is 0 Å². The fourth-order valence-corrected chi connectivity index (χ4v) is 3.81. The molecule has 0 spiro atoms. The van der Waals surface area contributed by atoms with Crippen LogP contribution >= 0.6 is 11.8 Å². The molecular weight excluding hydrogens is 377 g/mol. The minimum Gasteiger partial charge on any atom is -0.325 e. The van der Waals surface area contributed by atoms with Crippen LogP contribution in [0.25, 0.3) is 0 Å². The first-order chi connectivity index (χ1) is 13.5. The molecule has 0 unspecified atom stereocenters. The van der Waals surface area contributed by atoms with Crippen LogP contribution in [0.2, 0.25) is 0 Å². The lowest BCUT2D eigenvalue weighted by molar-refractivity contribution is -0.121. The van der Waals surface area contributed by atoms with Crippen molar-refractivity contribution in [3.63, 3.8) is 0 Å². The van der Waals surface area contributed by atoms with Gasteiger partial charge in [0.1, 0.15) is 5.82 Å². The van der Waals surface area contributed by atoms with E-state index in [9.17, 15) is 19.2 Å². The second kappa shape index (κ2) is 8.72. The fraction of sp³-hybridized carbons (Fsp3) is 0.190. The van der Waals surface area contributed by atoms with E-state index in [0.29, 0.717) is 16.3 Å². The summed E-state index contributed by atoms with van der Waals surface area (Å²) in [4.78, 5) is 24.3. The molecule has 0 aliphatic carbocycles. The van der Waals surface area contributed by atoms with E-state index in [1.165, 1.54) is 6.07 Å². The van der Waals surface area contributed by atoms with Gasteiger partial charge in [-0.1, -0.05) is 47.7 Å². The number of thioether (sulfide) groups is 1. The summed E-state index contributed by atoms with van der Waals surface area (Å²) in [5.74, 6) is -1.69. The second-order valence-electron chi connectivity index (χ2n) is 6.38. The smallest absolute Gasteiger partial charge is 0.234 e. The first-order valence-electron chi connectivity index (χ1n) is 8.66. The number of rotatable bonds is 5. The maximum atomic E-state index is 14.2. The number of benzene rings is 2. The zero-order chi connectivity index (χ0) is 20.1. The van der Waals surface area contributed by atoms with Crippen molar-refractivity contribution in [2.24, 2.45) is 0 Å². The van der Waals surface area contributed by atoms with Gasteiger partial charge in [0, 0.05) is 18.0 Å². The normalized spacial score (nSPS) is 16.3. The van der Waals surface area contributed by atoms with Gasteiger partial charge in [-0.3, -0.25) is 9.59 Å². The molecule has 1 atom stereocenters. The van der Waals surface area contributed by atoms with E-state index >= 15 is 0 Å². The number of anilines is 1. The number of hydrogen-bond acceptors (Lipinski definition) is 4. The van der Waals surface area contributed by atoms with Crippen LogP contribution in [0.5, 0.6) is 0 Å². The Morgan fingerprint density at radius 1 is 1.29 bits per heavy atom. The highest BCUT2D eigenvalue weighted by molar-refractivity contribution is 8.03. The molecule has 3 rings (SSSR count). The Balaban J connectivity index is 1.76. The first-order valence-corrected chi connectivity index (χ1v) is 9.64. The van der Waals surface area contributed by atoms with Gasteiger partial charge in [-0.25, -0.2) is 4.39 Å². The van der Waals surface area contributed by atoms with Crippen LogP contribution in [0.15, 0.2) is 59.1 Å². The molecule has 0 fully saturated rings. The monoisotopic (exact) mass is 395 g/mol. The topological polar surface area (TPSA) is 82.0 Å². The van der Waals surface area contributed by atoms with E-state index in [2.05, 4.69) is 16.7 Å². The summed E-state index contributed by atoms with van der Waals surface area (Å²) >= 11 is 1.06. The summed E-state index contributed by atoms with van der Waals surface area (Å²) in [5, 5.41) is 15.3. The summed E-state index contributed by atoms with van der Waals surface area (Å²) < 4.78 is 14.2. The van der Waals surface area contributed by atoms with Crippen molar-refractivity contribution in [1.82, 2.24) is 5.32 Å². The Labute approximate surface area is 166 Å². The molecule has 0 bridgehead atoms. The van der Waals surface area contributed by atoms with E-state index in [4.69, 9.17) is 0 Å². The van der Waals surface area contributed by atoms with Crippen molar-refractivity contribution >= 4 is 29.3 Å². The highest BCUT2D eigenvalue weighted by Crippen LogP contribution is 2.36. The third-order valence-electron chi connectivity index (χ3n) is 4.32. The van der Waals surface area contributed by atoms with Gasteiger partial charge >= 0.3 is 0 Å². The molecule has 2 N–H and O–H groups in total. The second-order valence-corrected chi connectivity index (χ2v) is 7.37. The van der Waals surface area contributed by atoms with Gasteiger partial charge in [0.25, 0.3) is 0 Å². The maximum Gasteiger partial charge on any atom is 0.234 e. The zero-order valence-corrected chi connectivity index (χ0v) is 16.0. The van der Waals surface area contributed by atoms with Crippen molar-refractivity contribution in [1.29, 1.82) is 5.26 Å². The minimum absolute atomic E-state index is 0.0105. The SMILES string of the molecule is Cc1ccc(NC(=O)CSC2=C(C#N)[C@H](c3ccccc3F)CC(=O)N2)cc1. The number of hydrogen-bond donors (Lipinski definition) is 2. The lowest BCUT2D eigenvalue weighted by Crippen LogP contribution is -2.31. The standard InChI is InChI=1S/C21H18FN3O2S/c1-13-6-8-14(9-7-13)24-20(27)12-28-21-17(11-23)16(10-19(26)25-21)15-4-2-3-5-18(15)22/h2-9,16H,10,12H2,1H3,(H,24,27)(H,25,26)/t16-/m0/s1. The summed E-state index contributed by atoms with van der Waals surface area (Å²) in [6.07, 6.45) is -0.0105. The Bertz CT molecular complexity index is 980. The predicted octanol–water partition coefficient (Wildman–Crippen LogP) is 3.84. The van der Waals surface area contributed by atoms with Gasteiger partial charge in [0.05, 0.1) is 22.4 Å². The van der Waals surface area contributed by atoms with E-state index in [-0.39, 0.29) is 29.6 Å². The first kappa shape index (κ1) is 19.6. The van der Waals surface area contributed by atoms with Crippen LogP contribution < -0.4 is 10.6 Å². The Kier molecular flexibility index (Phi) is 6.12. The van der Waals surface area contributed by atoms with Crippen LogP contribution in [0.4, 0.5) is 10.1 Å². The van der Waals surface area contributed by atoms with E-state index < -0.39 is 11.7 Å². The average Bonchev–Trinajstić information content (AvgIpc) is 2.68. The van der Waals surface area contributed by atoms with Crippen LogP contribution in [0.1, 0.15) is 23.5 Å². The summed E-state index contributed by atoms with van der Waals surface area (Å²) in [5.41, 5.74) is 2.32. The third kappa shape index (κ3) is 4.59. The number of amides is 2. The molecule has 7 heteroatoms. The highest BCUT2D eigenvalue weighted by atomic mass is 32.2. The van der Waals surface area contributed by atoms with Gasteiger partial charge in [-0.15, -0.1) is 0 Å². The molecule has 2 aromatic carbocycles. The zero-order valence-electron chi connectivity index (χ0n) is 15.2. The van der Waals surface area contributed by atoms with Crippen LogP contribution in [-0.4, -0.2) is 17.6 Å². The maximum absolute atomic E-state index is 14.2. The number of carbonyl (C=O) groups is 2. The average molecular weight is 395 g/mol. The van der Waals surface area contributed by atoms with Crippen LogP contribution in [0, 0.1) is 24.1 Å². The van der Waals surface area contributed by atoms with Gasteiger partial charge in [0.2, 0.25) is 11.8 Å². The van der Waals surface area contributed by atoms with Crippen molar-refractivity contribution in [2.45, 2.75) is 19.3 Å². The lowest BCUT2D eigenvalue weighted by Gasteiger charge is -2.25. The lowest BCUT2D eigenvalue weighted by atomic mass is 9.87. The molecule has 0 saturated carbocycles. The Morgan fingerprint density at radius 2 is 2.00 bits per heavy atom.